The van der Waals surface area contributed by atoms with Crippen molar-refractivity contribution >= 4 is 23.3 Å². The van der Waals surface area contributed by atoms with E-state index in [9.17, 15) is 14.7 Å². The van der Waals surface area contributed by atoms with Gasteiger partial charge in [-0.2, -0.15) is 9.61 Å². The zero-order valence-corrected chi connectivity index (χ0v) is 20.9. The van der Waals surface area contributed by atoms with Crippen LogP contribution in [-0.4, -0.2) is 56.9 Å². The lowest BCUT2D eigenvalue weighted by Crippen LogP contribution is -2.45. The van der Waals surface area contributed by atoms with E-state index in [0.717, 1.165) is 56.6 Å². The number of carbonyl (C=O) groups is 2. The summed E-state index contributed by atoms with van der Waals surface area (Å²) in [5.41, 5.74) is 4.16. The van der Waals surface area contributed by atoms with E-state index in [2.05, 4.69) is 22.1 Å². The zero-order valence-electron chi connectivity index (χ0n) is 20.9. The fourth-order valence-corrected chi connectivity index (χ4v) is 5.25. The summed E-state index contributed by atoms with van der Waals surface area (Å²) in [6.45, 7) is 6.42. The quantitative estimate of drug-likeness (QED) is 0.566. The van der Waals surface area contributed by atoms with Crippen LogP contribution in [0.15, 0.2) is 30.3 Å². The van der Waals surface area contributed by atoms with Crippen molar-refractivity contribution in [2.45, 2.75) is 64.5 Å². The topological polar surface area (TPSA) is 109 Å². The lowest BCUT2D eigenvalue weighted by atomic mass is 9.92. The van der Waals surface area contributed by atoms with Gasteiger partial charge in [0.15, 0.2) is 5.65 Å². The molecule has 3 aliphatic rings. The molecule has 5 heterocycles. The standard InChI is InChI=1S/C27H33N5O4/c1-18-22(16-24(33)34)26-31-12-10-27(2,11-13-31)36-14-6-5-8-19-7-3-4-9-21(19)25(35)28-17-20-15-23(29-18)32(26)30-20/h3-4,7,9,15H,5-6,8,10-14,16-17H2,1-2H3,(H,28,35)(H,33,34). The van der Waals surface area contributed by atoms with Gasteiger partial charge < -0.3 is 20.1 Å². The SMILES string of the molecule is Cc1nc2cc3nn2c(c1CC(=O)O)N1CCC(C)(CC1)OCCCCc1ccccc1C(=O)NC3. The summed E-state index contributed by atoms with van der Waals surface area (Å²) in [4.78, 5) is 31.6. The van der Waals surface area contributed by atoms with Gasteiger partial charge in [-0.25, -0.2) is 4.98 Å². The number of hydrogen-bond acceptors (Lipinski definition) is 6. The molecule has 4 bridgehead atoms. The summed E-state index contributed by atoms with van der Waals surface area (Å²) in [5.74, 6) is -0.268. The predicted molar refractivity (Wildman–Crippen MR) is 135 cm³/mol. The van der Waals surface area contributed by atoms with Crippen molar-refractivity contribution in [2.24, 2.45) is 0 Å². The van der Waals surface area contributed by atoms with Gasteiger partial charge in [-0.05, 0) is 57.6 Å². The largest absolute Gasteiger partial charge is 0.481 e. The normalized spacial score (nSPS) is 18.5. The summed E-state index contributed by atoms with van der Waals surface area (Å²) in [5, 5.41) is 17.4. The van der Waals surface area contributed by atoms with Gasteiger partial charge in [0, 0.05) is 42.6 Å². The number of benzene rings is 1. The molecule has 3 aromatic rings. The fraction of sp³-hybridized carbons (Fsp3) is 0.481. The highest BCUT2D eigenvalue weighted by atomic mass is 16.5. The lowest BCUT2D eigenvalue weighted by Gasteiger charge is -2.41. The zero-order chi connectivity index (χ0) is 25.3. The highest BCUT2D eigenvalue weighted by Gasteiger charge is 2.33. The average Bonchev–Trinajstić information content (AvgIpc) is 3.25. The van der Waals surface area contributed by atoms with Crippen molar-refractivity contribution in [3.8, 4) is 0 Å². The molecule has 2 aromatic heterocycles. The molecule has 0 spiro atoms. The summed E-state index contributed by atoms with van der Waals surface area (Å²) < 4.78 is 8.10. The number of nitrogens with zero attached hydrogens (tertiary/aromatic N) is 4. The Labute approximate surface area is 210 Å². The molecule has 3 aliphatic heterocycles. The Morgan fingerprint density at radius 3 is 2.78 bits per heavy atom. The first-order chi connectivity index (χ1) is 17.3. The van der Waals surface area contributed by atoms with Gasteiger partial charge in [-0.1, -0.05) is 18.2 Å². The minimum atomic E-state index is -0.904. The Morgan fingerprint density at radius 2 is 2.00 bits per heavy atom. The van der Waals surface area contributed by atoms with E-state index in [1.807, 2.05) is 37.3 Å². The number of aryl methyl sites for hydroxylation is 2. The van der Waals surface area contributed by atoms with Crippen LogP contribution in [0.1, 0.15) is 65.5 Å². The van der Waals surface area contributed by atoms with Crippen LogP contribution in [-0.2, 0) is 28.9 Å². The number of carboxylic acid groups (broad SMARTS) is 1. The van der Waals surface area contributed by atoms with Gasteiger partial charge in [-0.15, -0.1) is 0 Å². The van der Waals surface area contributed by atoms with Crippen LogP contribution in [0, 0.1) is 6.92 Å². The molecule has 6 rings (SSSR count). The second kappa shape index (κ2) is 9.89. The first-order valence-corrected chi connectivity index (χ1v) is 12.7. The summed E-state index contributed by atoms with van der Waals surface area (Å²) >= 11 is 0. The van der Waals surface area contributed by atoms with E-state index in [0.29, 0.717) is 34.8 Å². The van der Waals surface area contributed by atoms with Crippen molar-refractivity contribution in [1.82, 2.24) is 19.9 Å². The molecular formula is C27H33N5O4. The molecule has 1 amide bonds. The van der Waals surface area contributed by atoms with E-state index < -0.39 is 5.97 Å². The maximum absolute atomic E-state index is 13.0. The number of aliphatic carboxylic acids is 1. The first-order valence-electron chi connectivity index (χ1n) is 12.7. The molecule has 1 aromatic carbocycles. The van der Waals surface area contributed by atoms with Crippen molar-refractivity contribution < 1.29 is 19.4 Å². The number of carboxylic acids is 1. The molecule has 0 unspecified atom stereocenters. The Bertz CT molecular complexity index is 1290. The van der Waals surface area contributed by atoms with Crippen molar-refractivity contribution in [3.05, 3.63) is 58.4 Å². The first kappa shape index (κ1) is 24.2. The van der Waals surface area contributed by atoms with Crippen LogP contribution in [0.4, 0.5) is 5.82 Å². The Balaban J connectivity index is 1.55. The van der Waals surface area contributed by atoms with Gasteiger partial charge in [0.05, 0.1) is 24.3 Å². The van der Waals surface area contributed by atoms with Gasteiger partial charge in [0.25, 0.3) is 5.91 Å². The van der Waals surface area contributed by atoms with Gasteiger partial charge in [0.1, 0.15) is 5.82 Å². The average molecular weight is 492 g/mol. The summed E-state index contributed by atoms with van der Waals surface area (Å²) in [6.07, 6.45) is 4.26. The molecule has 9 nitrogen and oxygen atoms in total. The van der Waals surface area contributed by atoms with Gasteiger partial charge in [0.2, 0.25) is 0 Å². The number of piperidine rings is 1. The van der Waals surface area contributed by atoms with Crippen LogP contribution in [0.5, 0.6) is 0 Å². The number of ether oxygens (including phenoxy) is 1. The third-order valence-electron chi connectivity index (χ3n) is 7.36. The minimum Gasteiger partial charge on any atom is -0.481 e. The molecule has 0 atom stereocenters. The van der Waals surface area contributed by atoms with E-state index in [4.69, 9.17) is 9.84 Å². The third-order valence-corrected chi connectivity index (χ3v) is 7.36. The summed E-state index contributed by atoms with van der Waals surface area (Å²) in [7, 11) is 0. The highest BCUT2D eigenvalue weighted by molar-refractivity contribution is 5.95. The van der Waals surface area contributed by atoms with E-state index >= 15 is 0 Å². The molecule has 0 radical (unpaired) electrons. The predicted octanol–water partition coefficient (Wildman–Crippen LogP) is 3.31. The van der Waals surface area contributed by atoms with Crippen LogP contribution in [0.25, 0.3) is 5.65 Å². The van der Waals surface area contributed by atoms with E-state index in [1.165, 1.54) is 0 Å². The number of nitrogens with one attached hydrogen (secondary N) is 1. The number of anilines is 1. The van der Waals surface area contributed by atoms with Crippen LogP contribution in [0.3, 0.4) is 0 Å². The number of fused-ring (bicyclic) bond motifs is 8. The molecule has 2 N–H and O–H groups in total. The highest BCUT2D eigenvalue weighted by Crippen LogP contribution is 2.33. The fourth-order valence-electron chi connectivity index (χ4n) is 5.25. The third kappa shape index (κ3) is 4.93. The molecule has 1 fully saturated rings. The Hall–Kier alpha value is -3.46. The van der Waals surface area contributed by atoms with Gasteiger partial charge in [-0.3, -0.25) is 9.59 Å². The van der Waals surface area contributed by atoms with Gasteiger partial charge >= 0.3 is 5.97 Å². The molecule has 0 saturated carbocycles. The van der Waals surface area contributed by atoms with Crippen molar-refractivity contribution in [2.75, 3.05) is 24.6 Å². The second-order valence-corrected chi connectivity index (χ2v) is 10.1. The summed E-state index contributed by atoms with van der Waals surface area (Å²) in [6, 6.07) is 9.58. The monoisotopic (exact) mass is 491 g/mol. The minimum absolute atomic E-state index is 0.128. The lowest BCUT2D eigenvalue weighted by molar-refractivity contribution is -0.136. The number of carbonyl (C=O) groups excluding carboxylic acids is 1. The Morgan fingerprint density at radius 1 is 1.22 bits per heavy atom. The van der Waals surface area contributed by atoms with Crippen molar-refractivity contribution in [1.29, 1.82) is 0 Å². The number of rotatable bonds is 2. The number of hydrogen-bond donors (Lipinski definition) is 2. The van der Waals surface area contributed by atoms with Crippen LogP contribution < -0.4 is 10.2 Å². The molecule has 1 saturated heterocycles. The van der Waals surface area contributed by atoms with E-state index in [1.54, 1.807) is 4.52 Å². The molecule has 0 aliphatic carbocycles. The molecule has 9 heteroatoms. The molecular weight excluding hydrogens is 458 g/mol. The van der Waals surface area contributed by atoms with Crippen molar-refractivity contribution in [3.63, 3.8) is 0 Å². The smallest absolute Gasteiger partial charge is 0.308 e. The molecule has 36 heavy (non-hydrogen) atoms. The maximum atomic E-state index is 13.0. The van der Waals surface area contributed by atoms with Crippen LogP contribution >= 0.6 is 0 Å². The number of aromatic nitrogens is 3. The Kier molecular flexibility index (Phi) is 6.66. The second-order valence-electron chi connectivity index (χ2n) is 10.1. The van der Waals surface area contributed by atoms with Crippen LogP contribution in [0.2, 0.25) is 0 Å². The maximum Gasteiger partial charge on any atom is 0.308 e. The molecule has 190 valence electrons. The number of amides is 1. The van der Waals surface area contributed by atoms with E-state index in [-0.39, 0.29) is 24.5 Å².